The maximum atomic E-state index is 12.9. The van der Waals surface area contributed by atoms with Crippen LogP contribution in [0.1, 0.15) is 163 Å². The number of unbranched alkanes of at least 4 members (excludes halogenated alkanes) is 12. The Labute approximate surface area is 234 Å². The number of esters is 2. The first-order chi connectivity index (χ1) is 18.4. The molecule has 3 unspecified atom stereocenters. The maximum Gasteiger partial charge on any atom is 0.309 e. The van der Waals surface area contributed by atoms with Gasteiger partial charge in [0.15, 0.2) is 0 Å². The van der Waals surface area contributed by atoms with Gasteiger partial charge in [-0.2, -0.15) is 0 Å². The molecule has 0 aliphatic rings. The molecular formula is C32H60O6. The predicted octanol–water partition coefficient (Wildman–Crippen LogP) is 8.67. The van der Waals surface area contributed by atoms with Crippen LogP contribution in [-0.4, -0.2) is 43.1 Å². The first-order valence-corrected chi connectivity index (χ1v) is 15.8. The van der Waals surface area contributed by atoms with E-state index >= 15 is 0 Å². The summed E-state index contributed by atoms with van der Waals surface area (Å²) in [6.07, 6.45) is 18.5. The highest BCUT2D eigenvalue weighted by Gasteiger charge is 2.24. The number of hydrogen-bond acceptors (Lipinski definition) is 6. The molecule has 0 aliphatic heterocycles. The van der Waals surface area contributed by atoms with E-state index in [2.05, 4.69) is 20.8 Å². The summed E-state index contributed by atoms with van der Waals surface area (Å²) in [5, 5.41) is 0. The molecule has 0 aromatic heterocycles. The van der Waals surface area contributed by atoms with Crippen molar-refractivity contribution in [2.75, 3.05) is 7.11 Å². The van der Waals surface area contributed by atoms with Crippen LogP contribution in [0.4, 0.5) is 0 Å². The number of ketones is 1. The molecule has 6 nitrogen and oxygen atoms in total. The normalized spacial score (nSPS) is 13.6. The average molecular weight is 541 g/mol. The van der Waals surface area contributed by atoms with Crippen LogP contribution in [0.15, 0.2) is 0 Å². The van der Waals surface area contributed by atoms with Crippen LogP contribution >= 0.6 is 0 Å². The number of carbonyl (C=O) groups is 3. The lowest BCUT2D eigenvalue weighted by Gasteiger charge is -2.22. The van der Waals surface area contributed by atoms with Gasteiger partial charge in [-0.1, -0.05) is 104 Å². The van der Waals surface area contributed by atoms with E-state index in [1.165, 1.54) is 38.5 Å². The largest absolute Gasteiger partial charge is 0.462 e. The SMILES string of the molecule is CCCCCCCCCC(CC(C)=O)OC(=O)CC(CCCCCCC)OC(=O)CC(CCCCC)OC. The van der Waals surface area contributed by atoms with Gasteiger partial charge >= 0.3 is 11.9 Å². The van der Waals surface area contributed by atoms with Gasteiger partial charge in [0.05, 0.1) is 18.9 Å². The predicted molar refractivity (Wildman–Crippen MR) is 155 cm³/mol. The second-order valence-electron chi connectivity index (χ2n) is 11.0. The van der Waals surface area contributed by atoms with Crippen LogP contribution in [0.2, 0.25) is 0 Å². The van der Waals surface area contributed by atoms with E-state index in [1.54, 1.807) is 14.0 Å². The van der Waals surface area contributed by atoms with Crippen LogP contribution in [-0.2, 0) is 28.6 Å². The first kappa shape index (κ1) is 36.6. The van der Waals surface area contributed by atoms with Gasteiger partial charge in [-0.25, -0.2) is 0 Å². The molecule has 0 aromatic rings. The van der Waals surface area contributed by atoms with Gasteiger partial charge in [0.25, 0.3) is 0 Å². The van der Waals surface area contributed by atoms with Gasteiger partial charge in [-0.3, -0.25) is 14.4 Å². The maximum absolute atomic E-state index is 12.9. The van der Waals surface area contributed by atoms with Crippen LogP contribution in [0.25, 0.3) is 0 Å². The number of carbonyl (C=O) groups excluding carboxylic acids is 3. The van der Waals surface area contributed by atoms with Gasteiger partial charge < -0.3 is 14.2 Å². The molecule has 0 saturated heterocycles. The van der Waals surface area contributed by atoms with E-state index in [0.29, 0.717) is 12.8 Å². The Bertz CT molecular complexity index is 590. The molecule has 0 radical (unpaired) electrons. The second kappa shape index (κ2) is 25.8. The van der Waals surface area contributed by atoms with Crippen LogP contribution in [0.3, 0.4) is 0 Å². The molecule has 0 aliphatic carbocycles. The summed E-state index contributed by atoms with van der Waals surface area (Å²) in [5.41, 5.74) is 0. The topological polar surface area (TPSA) is 78.9 Å². The highest BCUT2D eigenvalue weighted by molar-refractivity contribution is 5.77. The monoisotopic (exact) mass is 540 g/mol. The average Bonchev–Trinajstić information content (AvgIpc) is 2.86. The van der Waals surface area contributed by atoms with E-state index in [0.717, 1.165) is 64.2 Å². The van der Waals surface area contributed by atoms with E-state index in [-0.39, 0.29) is 43.1 Å². The third-order valence-corrected chi connectivity index (χ3v) is 7.12. The lowest BCUT2D eigenvalue weighted by molar-refractivity contribution is -0.160. The summed E-state index contributed by atoms with van der Waals surface area (Å²) in [7, 11) is 1.63. The van der Waals surface area contributed by atoms with Crippen molar-refractivity contribution in [2.24, 2.45) is 0 Å². The van der Waals surface area contributed by atoms with E-state index in [4.69, 9.17) is 14.2 Å². The van der Waals surface area contributed by atoms with Gasteiger partial charge in [0, 0.05) is 13.5 Å². The van der Waals surface area contributed by atoms with Gasteiger partial charge in [0.2, 0.25) is 0 Å². The lowest BCUT2D eigenvalue weighted by atomic mass is 10.0. The zero-order valence-corrected chi connectivity index (χ0v) is 25.5. The molecule has 0 bridgehead atoms. The Morgan fingerprint density at radius 1 is 0.500 bits per heavy atom. The van der Waals surface area contributed by atoms with Crippen molar-refractivity contribution >= 4 is 17.7 Å². The quantitative estimate of drug-likeness (QED) is 0.0766. The third-order valence-electron chi connectivity index (χ3n) is 7.12. The molecule has 6 heteroatoms. The fraction of sp³-hybridized carbons (Fsp3) is 0.906. The smallest absolute Gasteiger partial charge is 0.309 e. The molecule has 0 fully saturated rings. The van der Waals surface area contributed by atoms with Crippen LogP contribution in [0, 0.1) is 0 Å². The number of Topliss-reactive ketones (excluding diaryl/α,β-unsaturated/α-hetero) is 1. The minimum Gasteiger partial charge on any atom is -0.462 e. The number of rotatable bonds is 27. The van der Waals surface area contributed by atoms with Crippen LogP contribution in [0.5, 0.6) is 0 Å². The molecule has 0 N–H and O–H groups in total. The lowest BCUT2D eigenvalue weighted by Crippen LogP contribution is -2.28. The summed E-state index contributed by atoms with van der Waals surface area (Å²) >= 11 is 0. The number of hydrogen-bond donors (Lipinski definition) is 0. The molecule has 0 saturated carbocycles. The molecule has 3 atom stereocenters. The number of ether oxygens (including phenoxy) is 3. The van der Waals surface area contributed by atoms with Gasteiger partial charge in [-0.15, -0.1) is 0 Å². The van der Waals surface area contributed by atoms with Crippen molar-refractivity contribution in [1.82, 2.24) is 0 Å². The minimum atomic E-state index is -0.499. The van der Waals surface area contributed by atoms with E-state index < -0.39 is 12.2 Å². The zero-order valence-electron chi connectivity index (χ0n) is 25.5. The Morgan fingerprint density at radius 3 is 1.29 bits per heavy atom. The zero-order chi connectivity index (χ0) is 28.4. The summed E-state index contributed by atoms with van der Waals surface area (Å²) in [4.78, 5) is 37.4. The fourth-order valence-electron chi connectivity index (χ4n) is 4.80. The van der Waals surface area contributed by atoms with Crippen molar-refractivity contribution in [3.63, 3.8) is 0 Å². The van der Waals surface area contributed by atoms with Crippen LogP contribution < -0.4 is 0 Å². The van der Waals surface area contributed by atoms with Gasteiger partial charge in [0.1, 0.15) is 18.0 Å². The Hall–Kier alpha value is -1.43. The van der Waals surface area contributed by atoms with E-state index in [9.17, 15) is 14.4 Å². The first-order valence-electron chi connectivity index (χ1n) is 15.8. The minimum absolute atomic E-state index is 0.0262. The molecule has 0 rings (SSSR count). The Morgan fingerprint density at radius 2 is 0.842 bits per heavy atom. The number of methoxy groups -OCH3 is 1. The molecule has 0 spiro atoms. The van der Waals surface area contributed by atoms with Crippen molar-refractivity contribution in [1.29, 1.82) is 0 Å². The molecular weight excluding hydrogens is 480 g/mol. The fourth-order valence-corrected chi connectivity index (χ4v) is 4.80. The second-order valence-corrected chi connectivity index (χ2v) is 11.0. The Kier molecular flexibility index (Phi) is 24.9. The molecule has 38 heavy (non-hydrogen) atoms. The van der Waals surface area contributed by atoms with Crippen molar-refractivity contribution in [3.05, 3.63) is 0 Å². The van der Waals surface area contributed by atoms with Crippen molar-refractivity contribution in [3.8, 4) is 0 Å². The van der Waals surface area contributed by atoms with Crippen molar-refractivity contribution in [2.45, 2.75) is 181 Å². The summed E-state index contributed by atoms with van der Waals surface area (Å²) in [6.45, 7) is 8.08. The molecule has 0 amide bonds. The summed E-state index contributed by atoms with van der Waals surface area (Å²) in [5.74, 6) is -0.668. The highest BCUT2D eigenvalue weighted by atomic mass is 16.6. The standard InChI is InChI=1S/C32H60O6/c1-6-9-12-14-15-17-20-22-29(24-27(4)33)37-32(35)26-30(23-19-16-13-10-7-2)38-31(34)25-28(36-5)21-18-11-8-3/h28-30H,6-26H2,1-5H3. The van der Waals surface area contributed by atoms with E-state index in [1.807, 2.05) is 0 Å². The van der Waals surface area contributed by atoms with Gasteiger partial charge in [-0.05, 0) is 39.0 Å². The third kappa shape index (κ3) is 22.5. The highest BCUT2D eigenvalue weighted by Crippen LogP contribution is 2.19. The summed E-state index contributed by atoms with van der Waals surface area (Å²) in [6, 6.07) is 0. The molecule has 0 aromatic carbocycles. The molecule has 0 heterocycles. The Balaban J connectivity index is 4.87. The molecule has 224 valence electrons. The van der Waals surface area contributed by atoms with Crippen molar-refractivity contribution < 1.29 is 28.6 Å². The summed E-state index contributed by atoms with van der Waals surface area (Å²) < 4.78 is 17.0.